The largest absolute Gasteiger partial charge is 0.338 e. The van der Waals surface area contributed by atoms with Crippen LogP contribution in [0.15, 0.2) is 48.5 Å². The Labute approximate surface area is 146 Å². The van der Waals surface area contributed by atoms with E-state index < -0.39 is 0 Å². The molecule has 0 spiro atoms. The Morgan fingerprint density at radius 3 is 2.64 bits per heavy atom. The van der Waals surface area contributed by atoms with E-state index in [4.69, 9.17) is 0 Å². The van der Waals surface area contributed by atoms with E-state index in [1.807, 2.05) is 25.1 Å². The molecule has 1 atom stereocenters. The Bertz CT molecular complexity index is 774. The van der Waals surface area contributed by atoms with Gasteiger partial charge in [-0.2, -0.15) is 0 Å². The highest BCUT2D eigenvalue weighted by Gasteiger charge is 2.29. The average molecular weight is 340 g/mol. The van der Waals surface area contributed by atoms with Crippen molar-refractivity contribution in [2.75, 3.05) is 18.4 Å². The van der Waals surface area contributed by atoms with Crippen LogP contribution in [0.25, 0.3) is 0 Å². The molecule has 0 saturated carbocycles. The Balaban J connectivity index is 1.65. The van der Waals surface area contributed by atoms with E-state index in [1.54, 1.807) is 11.0 Å². The van der Waals surface area contributed by atoms with Gasteiger partial charge in [0.2, 0.25) is 5.91 Å². The third-order valence-corrected chi connectivity index (χ3v) is 4.46. The molecule has 0 aliphatic carbocycles. The number of aryl methyl sites for hydroxylation is 1. The summed E-state index contributed by atoms with van der Waals surface area (Å²) in [6.07, 6.45) is 1.53. The molecule has 2 amide bonds. The van der Waals surface area contributed by atoms with E-state index in [1.165, 1.54) is 24.3 Å². The van der Waals surface area contributed by atoms with Gasteiger partial charge in [0, 0.05) is 24.3 Å². The summed E-state index contributed by atoms with van der Waals surface area (Å²) < 4.78 is 13.0. The minimum absolute atomic E-state index is 0.0389. The number of likely N-dealkylation sites (tertiary alicyclic amines) is 1. The minimum atomic E-state index is -0.342. The van der Waals surface area contributed by atoms with Gasteiger partial charge in [-0.05, 0) is 56.2 Å². The molecule has 0 radical (unpaired) electrons. The van der Waals surface area contributed by atoms with E-state index >= 15 is 0 Å². The lowest BCUT2D eigenvalue weighted by Crippen LogP contribution is -2.43. The van der Waals surface area contributed by atoms with Crippen LogP contribution >= 0.6 is 0 Å². The summed E-state index contributed by atoms with van der Waals surface area (Å²) in [7, 11) is 0. The zero-order valence-electron chi connectivity index (χ0n) is 14.2. The molecular weight excluding hydrogens is 319 g/mol. The van der Waals surface area contributed by atoms with E-state index in [0.717, 1.165) is 18.4 Å². The van der Waals surface area contributed by atoms with Crippen LogP contribution in [-0.2, 0) is 4.79 Å². The molecule has 130 valence electrons. The van der Waals surface area contributed by atoms with Gasteiger partial charge >= 0.3 is 0 Å². The maximum absolute atomic E-state index is 13.0. The SMILES string of the molecule is Cc1cccc(C(=O)N2CCCC(C(=O)Nc3ccc(F)cc3)C2)c1. The van der Waals surface area contributed by atoms with Crippen molar-refractivity contribution >= 4 is 17.5 Å². The van der Waals surface area contributed by atoms with Crippen molar-refractivity contribution in [3.8, 4) is 0 Å². The Morgan fingerprint density at radius 2 is 1.92 bits per heavy atom. The van der Waals surface area contributed by atoms with Crippen molar-refractivity contribution in [2.45, 2.75) is 19.8 Å². The molecule has 1 heterocycles. The third kappa shape index (κ3) is 4.24. The molecule has 3 rings (SSSR count). The van der Waals surface area contributed by atoms with Gasteiger partial charge < -0.3 is 10.2 Å². The van der Waals surface area contributed by atoms with Crippen molar-refractivity contribution in [1.82, 2.24) is 4.90 Å². The number of nitrogens with zero attached hydrogens (tertiary/aromatic N) is 1. The first-order chi connectivity index (χ1) is 12.0. The number of hydrogen-bond acceptors (Lipinski definition) is 2. The monoisotopic (exact) mass is 340 g/mol. The fourth-order valence-electron chi connectivity index (χ4n) is 3.11. The summed E-state index contributed by atoms with van der Waals surface area (Å²) in [5, 5.41) is 2.80. The topological polar surface area (TPSA) is 49.4 Å². The second-order valence-corrected chi connectivity index (χ2v) is 6.46. The van der Waals surface area contributed by atoms with Crippen molar-refractivity contribution in [1.29, 1.82) is 0 Å². The maximum Gasteiger partial charge on any atom is 0.253 e. The number of hydrogen-bond donors (Lipinski definition) is 1. The molecule has 1 saturated heterocycles. The Hall–Kier alpha value is -2.69. The molecule has 2 aromatic carbocycles. The standard InChI is InChI=1S/C20H21FN2O2/c1-14-4-2-5-15(12-14)20(25)23-11-3-6-16(13-23)19(24)22-18-9-7-17(21)8-10-18/h2,4-5,7-10,12,16H,3,6,11,13H2,1H3,(H,22,24). The maximum atomic E-state index is 13.0. The van der Waals surface area contributed by atoms with Crippen molar-refractivity contribution in [2.24, 2.45) is 5.92 Å². The van der Waals surface area contributed by atoms with Crippen LogP contribution in [0.1, 0.15) is 28.8 Å². The smallest absolute Gasteiger partial charge is 0.253 e. The second-order valence-electron chi connectivity index (χ2n) is 6.46. The molecule has 5 heteroatoms. The van der Waals surface area contributed by atoms with E-state index in [0.29, 0.717) is 24.3 Å². The summed E-state index contributed by atoms with van der Waals surface area (Å²) in [5.41, 5.74) is 2.25. The van der Waals surface area contributed by atoms with Crippen molar-refractivity contribution in [3.05, 3.63) is 65.5 Å². The summed E-state index contributed by atoms with van der Waals surface area (Å²) >= 11 is 0. The lowest BCUT2D eigenvalue weighted by atomic mass is 9.96. The van der Waals surface area contributed by atoms with E-state index in [9.17, 15) is 14.0 Å². The highest BCUT2D eigenvalue weighted by molar-refractivity contribution is 5.96. The molecule has 2 aromatic rings. The predicted octanol–water partition coefficient (Wildman–Crippen LogP) is 3.63. The van der Waals surface area contributed by atoms with Gasteiger partial charge in [0.1, 0.15) is 5.82 Å². The molecular formula is C20H21FN2O2. The van der Waals surface area contributed by atoms with Crippen LogP contribution in [0, 0.1) is 18.7 Å². The molecule has 4 nitrogen and oxygen atoms in total. The van der Waals surface area contributed by atoms with Gasteiger partial charge in [-0.25, -0.2) is 4.39 Å². The van der Waals surface area contributed by atoms with E-state index in [2.05, 4.69) is 5.32 Å². The molecule has 25 heavy (non-hydrogen) atoms. The summed E-state index contributed by atoms with van der Waals surface area (Å²) in [6, 6.07) is 13.2. The minimum Gasteiger partial charge on any atom is -0.338 e. The zero-order valence-corrected chi connectivity index (χ0v) is 14.2. The number of amides is 2. The first kappa shape index (κ1) is 17.1. The molecule has 1 aliphatic rings. The molecule has 1 N–H and O–H groups in total. The first-order valence-electron chi connectivity index (χ1n) is 8.45. The van der Waals surface area contributed by atoms with Gasteiger partial charge in [-0.1, -0.05) is 17.7 Å². The number of rotatable bonds is 3. The number of carbonyl (C=O) groups excluding carboxylic acids is 2. The average Bonchev–Trinajstić information content (AvgIpc) is 2.63. The highest BCUT2D eigenvalue weighted by atomic mass is 19.1. The summed E-state index contributed by atoms with van der Waals surface area (Å²) in [5.74, 6) is -0.769. The van der Waals surface area contributed by atoms with Crippen LogP contribution in [0.5, 0.6) is 0 Å². The van der Waals surface area contributed by atoms with E-state index in [-0.39, 0.29) is 23.5 Å². The third-order valence-electron chi connectivity index (χ3n) is 4.46. The molecule has 0 bridgehead atoms. The predicted molar refractivity (Wildman–Crippen MR) is 94.8 cm³/mol. The van der Waals surface area contributed by atoms with Crippen LogP contribution in [0.4, 0.5) is 10.1 Å². The van der Waals surface area contributed by atoms with Gasteiger partial charge in [-0.3, -0.25) is 9.59 Å². The first-order valence-corrected chi connectivity index (χ1v) is 8.45. The Kier molecular flexibility index (Phi) is 5.12. The molecule has 1 unspecified atom stereocenters. The molecule has 0 aromatic heterocycles. The van der Waals surface area contributed by atoms with Crippen molar-refractivity contribution in [3.63, 3.8) is 0 Å². The lowest BCUT2D eigenvalue weighted by Gasteiger charge is -2.32. The van der Waals surface area contributed by atoms with Gasteiger partial charge in [0.05, 0.1) is 5.92 Å². The summed E-state index contributed by atoms with van der Waals surface area (Å²) in [4.78, 5) is 26.9. The zero-order chi connectivity index (χ0) is 17.8. The normalized spacial score (nSPS) is 17.2. The van der Waals surface area contributed by atoms with Gasteiger partial charge in [-0.15, -0.1) is 0 Å². The molecule has 1 fully saturated rings. The number of anilines is 1. The lowest BCUT2D eigenvalue weighted by molar-refractivity contribution is -0.121. The quantitative estimate of drug-likeness (QED) is 0.928. The van der Waals surface area contributed by atoms with Crippen LogP contribution in [0.2, 0.25) is 0 Å². The fourth-order valence-corrected chi connectivity index (χ4v) is 3.11. The number of carbonyl (C=O) groups is 2. The number of benzene rings is 2. The number of piperidine rings is 1. The van der Waals surface area contributed by atoms with Gasteiger partial charge in [0.15, 0.2) is 0 Å². The number of nitrogens with one attached hydrogen (secondary N) is 1. The Morgan fingerprint density at radius 1 is 1.16 bits per heavy atom. The van der Waals surface area contributed by atoms with Crippen molar-refractivity contribution < 1.29 is 14.0 Å². The van der Waals surface area contributed by atoms with Crippen LogP contribution in [-0.4, -0.2) is 29.8 Å². The fraction of sp³-hybridized carbons (Fsp3) is 0.300. The molecule has 1 aliphatic heterocycles. The second kappa shape index (κ2) is 7.47. The van der Waals surface area contributed by atoms with Crippen LogP contribution in [0.3, 0.4) is 0 Å². The number of halogens is 1. The van der Waals surface area contributed by atoms with Gasteiger partial charge in [0.25, 0.3) is 5.91 Å². The highest BCUT2D eigenvalue weighted by Crippen LogP contribution is 2.21. The van der Waals surface area contributed by atoms with Crippen LogP contribution < -0.4 is 5.32 Å². The summed E-state index contributed by atoms with van der Waals surface area (Å²) in [6.45, 7) is 3.01.